The molecular weight excluding hydrogens is 181 g/mol. The van der Waals surface area contributed by atoms with Gasteiger partial charge in [0.15, 0.2) is 6.29 Å². The van der Waals surface area contributed by atoms with Crippen LogP contribution in [0, 0.1) is 6.79 Å². The zero-order valence-electron chi connectivity index (χ0n) is 6.17. The highest BCUT2D eigenvalue weighted by molar-refractivity contribution is 4.42. The third-order valence-corrected chi connectivity index (χ3v) is 0.835. The molecule has 0 rings (SSSR count). The van der Waals surface area contributed by atoms with Crippen molar-refractivity contribution in [2.45, 2.75) is 12.7 Å². The first kappa shape index (κ1) is 11.6. The van der Waals surface area contributed by atoms with Gasteiger partial charge < -0.3 is 14.6 Å². The molecule has 4 nitrogen and oxygen atoms in total. The molecule has 0 aliphatic carbocycles. The van der Waals surface area contributed by atoms with Gasteiger partial charge in [-0.15, -0.1) is 13.2 Å². The molecule has 0 aromatic carbocycles. The molecule has 1 unspecified atom stereocenters. The van der Waals surface area contributed by atoms with Crippen LogP contribution < -0.4 is 0 Å². The Bertz CT molecular complexity index is 116. The monoisotopic (exact) mass is 189 g/mol. The van der Waals surface area contributed by atoms with Crippen LogP contribution in [0.1, 0.15) is 0 Å². The van der Waals surface area contributed by atoms with Gasteiger partial charge in [-0.05, 0) is 0 Å². The van der Waals surface area contributed by atoms with Crippen molar-refractivity contribution in [3.63, 3.8) is 0 Å². The Hall–Kier alpha value is -0.370. The number of methoxy groups -OCH3 is 1. The summed E-state index contributed by atoms with van der Waals surface area (Å²) in [4.78, 5) is 0. The van der Waals surface area contributed by atoms with Gasteiger partial charge >= 0.3 is 6.36 Å². The van der Waals surface area contributed by atoms with E-state index in [0.29, 0.717) is 0 Å². The van der Waals surface area contributed by atoms with Gasteiger partial charge in [0.05, 0.1) is 0 Å². The Morgan fingerprint density at radius 2 is 2.08 bits per heavy atom. The standard InChI is InChI=1S/C5H8F3O4/c1-10-4(2-11-3-9)12-5(6,7)8/h3-4,9H,2H2,1H3. The second-order valence-electron chi connectivity index (χ2n) is 1.67. The molecule has 0 saturated carbocycles. The Balaban J connectivity index is 3.67. The maximum absolute atomic E-state index is 11.5. The van der Waals surface area contributed by atoms with Crippen LogP contribution in [0.15, 0.2) is 0 Å². The fraction of sp³-hybridized carbons (Fsp3) is 0.800. The summed E-state index contributed by atoms with van der Waals surface area (Å²) < 4.78 is 46.2. The van der Waals surface area contributed by atoms with Gasteiger partial charge in [0.2, 0.25) is 6.79 Å². The minimum absolute atomic E-state index is 0.256. The molecule has 73 valence electrons. The second-order valence-corrected chi connectivity index (χ2v) is 1.67. The molecule has 0 spiro atoms. The minimum atomic E-state index is -4.78. The number of aliphatic hydroxyl groups is 1. The van der Waals surface area contributed by atoms with Gasteiger partial charge in [-0.25, -0.2) is 0 Å². The van der Waals surface area contributed by atoms with E-state index in [4.69, 9.17) is 5.11 Å². The van der Waals surface area contributed by atoms with Crippen molar-refractivity contribution in [3.05, 3.63) is 6.79 Å². The van der Waals surface area contributed by atoms with Crippen LogP contribution in [0.4, 0.5) is 13.2 Å². The molecule has 0 aromatic rings. The third-order valence-electron chi connectivity index (χ3n) is 0.835. The van der Waals surface area contributed by atoms with E-state index in [-0.39, 0.29) is 6.79 Å². The maximum atomic E-state index is 11.5. The lowest BCUT2D eigenvalue weighted by Crippen LogP contribution is -2.29. The van der Waals surface area contributed by atoms with E-state index in [0.717, 1.165) is 7.11 Å². The highest BCUT2D eigenvalue weighted by Gasteiger charge is 2.33. The molecular formula is C5H8F3O4. The molecule has 12 heavy (non-hydrogen) atoms. The topological polar surface area (TPSA) is 47.9 Å². The highest BCUT2D eigenvalue weighted by Crippen LogP contribution is 2.19. The zero-order chi connectivity index (χ0) is 9.61. The molecule has 1 radical (unpaired) electrons. The Morgan fingerprint density at radius 1 is 1.50 bits per heavy atom. The molecule has 0 saturated heterocycles. The summed E-state index contributed by atoms with van der Waals surface area (Å²) in [6, 6.07) is 0. The van der Waals surface area contributed by atoms with Crippen LogP contribution in [0.5, 0.6) is 0 Å². The molecule has 0 aliphatic heterocycles. The van der Waals surface area contributed by atoms with E-state index in [1.54, 1.807) is 0 Å². The van der Waals surface area contributed by atoms with Gasteiger partial charge in [0.25, 0.3) is 0 Å². The smallest absolute Gasteiger partial charge is 0.364 e. The molecule has 1 N–H and O–H groups in total. The van der Waals surface area contributed by atoms with Crippen molar-refractivity contribution in [1.82, 2.24) is 0 Å². The van der Waals surface area contributed by atoms with Crippen molar-refractivity contribution >= 4 is 0 Å². The first-order valence-electron chi connectivity index (χ1n) is 2.84. The summed E-state index contributed by atoms with van der Waals surface area (Å²) in [5.41, 5.74) is 0. The van der Waals surface area contributed by atoms with Gasteiger partial charge in [0.1, 0.15) is 6.61 Å². The van der Waals surface area contributed by atoms with E-state index in [9.17, 15) is 13.2 Å². The van der Waals surface area contributed by atoms with Crippen molar-refractivity contribution < 1.29 is 32.5 Å². The summed E-state index contributed by atoms with van der Waals surface area (Å²) in [7, 11) is 1.02. The summed E-state index contributed by atoms with van der Waals surface area (Å²) in [5, 5.41) is 7.97. The van der Waals surface area contributed by atoms with Crippen molar-refractivity contribution in [2.75, 3.05) is 13.7 Å². The largest absolute Gasteiger partial charge is 0.524 e. The lowest BCUT2D eigenvalue weighted by atomic mass is 10.7. The average molecular weight is 189 g/mol. The fourth-order valence-corrected chi connectivity index (χ4v) is 0.421. The van der Waals surface area contributed by atoms with E-state index in [1.165, 1.54) is 0 Å². The normalized spacial score (nSPS) is 14.8. The summed E-state index contributed by atoms with van der Waals surface area (Å²) in [6.07, 6.45) is -6.35. The Labute approximate surface area is 66.8 Å². The molecule has 1 atom stereocenters. The average Bonchev–Trinajstić information content (AvgIpc) is 1.95. The lowest BCUT2D eigenvalue weighted by Gasteiger charge is -2.16. The zero-order valence-corrected chi connectivity index (χ0v) is 6.17. The van der Waals surface area contributed by atoms with Crippen LogP contribution in [-0.2, 0) is 14.2 Å². The molecule has 0 amide bonds. The minimum Gasteiger partial charge on any atom is -0.364 e. The van der Waals surface area contributed by atoms with Crippen LogP contribution in [0.2, 0.25) is 0 Å². The first-order valence-corrected chi connectivity index (χ1v) is 2.84. The summed E-state index contributed by atoms with van der Waals surface area (Å²) in [6.45, 7) is -0.279. The van der Waals surface area contributed by atoms with Gasteiger partial charge in [-0.2, -0.15) is 0 Å². The van der Waals surface area contributed by atoms with Gasteiger partial charge in [-0.1, -0.05) is 0 Å². The van der Waals surface area contributed by atoms with Gasteiger partial charge in [0, 0.05) is 7.11 Å². The fourth-order valence-electron chi connectivity index (χ4n) is 0.421. The third kappa shape index (κ3) is 6.35. The molecule has 0 heterocycles. The van der Waals surface area contributed by atoms with Crippen molar-refractivity contribution in [2.24, 2.45) is 0 Å². The lowest BCUT2D eigenvalue weighted by molar-refractivity contribution is -0.380. The van der Waals surface area contributed by atoms with E-state index in [1.807, 2.05) is 0 Å². The molecule has 0 bridgehead atoms. The number of aliphatic hydroxyl groups excluding tert-OH is 1. The van der Waals surface area contributed by atoms with Crippen molar-refractivity contribution in [3.8, 4) is 0 Å². The molecule has 0 fully saturated rings. The number of hydrogen-bond donors (Lipinski definition) is 1. The molecule has 0 aliphatic rings. The summed E-state index contributed by atoms with van der Waals surface area (Å²) in [5.74, 6) is 0. The highest BCUT2D eigenvalue weighted by atomic mass is 19.4. The molecule has 0 aromatic heterocycles. The van der Waals surface area contributed by atoms with Crippen LogP contribution in [0.25, 0.3) is 0 Å². The Morgan fingerprint density at radius 3 is 2.42 bits per heavy atom. The molecule has 7 heteroatoms. The van der Waals surface area contributed by atoms with E-state index < -0.39 is 19.3 Å². The summed E-state index contributed by atoms with van der Waals surface area (Å²) >= 11 is 0. The number of hydrogen-bond acceptors (Lipinski definition) is 4. The van der Waals surface area contributed by atoms with Crippen LogP contribution >= 0.6 is 0 Å². The van der Waals surface area contributed by atoms with E-state index in [2.05, 4.69) is 14.2 Å². The van der Waals surface area contributed by atoms with E-state index >= 15 is 0 Å². The number of alkyl halides is 3. The number of halogens is 3. The quantitative estimate of drug-likeness (QED) is 0.655. The van der Waals surface area contributed by atoms with Crippen molar-refractivity contribution in [1.29, 1.82) is 0 Å². The first-order chi connectivity index (χ1) is 5.49. The maximum Gasteiger partial charge on any atom is 0.524 e. The SMILES string of the molecule is COC(CO[CH]O)OC(F)(F)F. The second kappa shape index (κ2) is 5.31. The Kier molecular flexibility index (Phi) is 5.14. The van der Waals surface area contributed by atoms with Gasteiger partial charge in [-0.3, -0.25) is 4.74 Å². The number of rotatable bonds is 5. The predicted molar refractivity (Wildman–Crippen MR) is 30.1 cm³/mol. The van der Waals surface area contributed by atoms with Crippen LogP contribution in [-0.4, -0.2) is 31.5 Å². The van der Waals surface area contributed by atoms with Crippen LogP contribution in [0.3, 0.4) is 0 Å². The number of ether oxygens (including phenoxy) is 3. The predicted octanol–water partition coefficient (Wildman–Crippen LogP) is 1.00.